The molecule has 4 aromatic rings. The van der Waals surface area contributed by atoms with Gasteiger partial charge in [-0.25, -0.2) is 9.18 Å². The molecule has 5 rings (SSSR count). The zero-order valence-corrected chi connectivity index (χ0v) is 16.5. The highest BCUT2D eigenvalue weighted by molar-refractivity contribution is 5.76. The molecule has 10 heteroatoms. The highest BCUT2D eigenvalue weighted by Crippen LogP contribution is 2.27. The Morgan fingerprint density at radius 3 is 2.52 bits per heavy atom. The molecule has 0 amide bonds. The molecule has 0 aliphatic carbocycles. The fraction of sp³-hybridized carbons (Fsp3) is 0.286. The molecule has 0 saturated carbocycles. The van der Waals surface area contributed by atoms with Crippen molar-refractivity contribution in [3.05, 3.63) is 70.2 Å². The van der Waals surface area contributed by atoms with Gasteiger partial charge in [-0.3, -0.25) is 9.13 Å². The summed E-state index contributed by atoms with van der Waals surface area (Å²) in [6, 6.07) is 11.7. The van der Waals surface area contributed by atoms with Crippen LogP contribution >= 0.6 is 0 Å². The van der Waals surface area contributed by atoms with Crippen LogP contribution in [0, 0.1) is 5.82 Å². The number of fused-ring (bicyclic) bond motifs is 1. The molecule has 0 radical (unpaired) electrons. The zero-order valence-electron chi connectivity index (χ0n) is 16.5. The smallest absolute Gasteiger partial charge is 0.329 e. The van der Waals surface area contributed by atoms with Crippen molar-refractivity contribution in [3.8, 4) is 11.5 Å². The first-order valence-electron chi connectivity index (χ1n) is 9.71. The van der Waals surface area contributed by atoms with E-state index in [0.717, 1.165) is 30.2 Å². The van der Waals surface area contributed by atoms with Crippen LogP contribution in [-0.2, 0) is 6.54 Å². The van der Waals surface area contributed by atoms with Gasteiger partial charge in [0.25, 0.3) is 5.89 Å². The summed E-state index contributed by atoms with van der Waals surface area (Å²) in [6.45, 7) is 1.59. The first-order chi connectivity index (χ1) is 14.9. The molecule has 1 fully saturated rings. The molecule has 2 aromatic heterocycles. The predicted molar refractivity (Wildman–Crippen MR) is 106 cm³/mol. The Morgan fingerprint density at radius 1 is 1.13 bits per heavy atom. The molecule has 0 atom stereocenters. The third-order valence-corrected chi connectivity index (χ3v) is 5.53. The maximum atomic E-state index is 14.8. The quantitative estimate of drug-likeness (QED) is 0.486. The van der Waals surface area contributed by atoms with Gasteiger partial charge in [0.05, 0.1) is 23.6 Å². The highest BCUT2D eigenvalue weighted by atomic mass is 19.3. The third-order valence-electron chi connectivity index (χ3n) is 5.53. The van der Waals surface area contributed by atoms with Gasteiger partial charge in [-0.1, -0.05) is 18.2 Å². The molecule has 0 bridgehead atoms. The molecular formula is C21H18F3N5O2. The van der Waals surface area contributed by atoms with Crippen molar-refractivity contribution < 1.29 is 17.6 Å². The molecule has 1 aliphatic heterocycles. The second kappa shape index (κ2) is 7.38. The third kappa shape index (κ3) is 3.32. The van der Waals surface area contributed by atoms with Crippen LogP contribution in [0.1, 0.15) is 23.9 Å². The summed E-state index contributed by atoms with van der Waals surface area (Å²) in [7, 11) is 1.99. The Balaban J connectivity index is 1.50. The van der Waals surface area contributed by atoms with Crippen LogP contribution in [0.5, 0.6) is 0 Å². The number of hydrogen-bond donors (Lipinski definition) is 0. The second-order valence-corrected chi connectivity index (χ2v) is 7.65. The number of benzene rings is 2. The van der Waals surface area contributed by atoms with E-state index in [4.69, 9.17) is 4.42 Å². The van der Waals surface area contributed by atoms with E-state index in [-0.39, 0.29) is 35.3 Å². The standard InChI is InChI=1S/C21H18F3N5O2/c1-27-10-14(11-27)29-17-5-3-2-4-16(17)28(21(29)30)9-13-7-6-12(8-15(13)22)19-25-26-20(31-19)18(23)24/h2-8,14,18H,9-11H2,1H3. The number of rotatable bonds is 5. The van der Waals surface area contributed by atoms with E-state index >= 15 is 0 Å². The SMILES string of the molecule is CN1CC(n2c(=O)n(Cc3ccc(-c4nnc(C(F)F)o4)cc3F)c3ccccc32)C1. The Kier molecular flexibility index (Phi) is 4.66. The molecule has 2 aromatic carbocycles. The summed E-state index contributed by atoms with van der Waals surface area (Å²) < 4.78 is 48.3. The van der Waals surface area contributed by atoms with E-state index in [1.54, 1.807) is 9.13 Å². The minimum absolute atomic E-state index is 0.0349. The fourth-order valence-corrected chi connectivity index (χ4v) is 3.99. The van der Waals surface area contributed by atoms with E-state index in [1.165, 1.54) is 12.1 Å². The minimum atomic E-state index is -2.90. The molecule has 1 aliphatic rings. The van der Waals surface area contributed by atoms with Gasteiger partial charge >= 0.3 is 12.1 Å². The first-order valence-corrected chi connectivity index (χ1v) is 9.71. The molecule has 7 nitrogen and oxygen atoms in total. The van der Waals surface area contributed by atoms with Crippen molar-refractivity contribution in [1.29, 1.82) is 0 Å². The average molecular weight is 429 g/mol. The van der Waals surface area contributed by atoms with Gasteiger partial charge in [-0.15, -0.1) is 10.2 Å². The molecule has 3 heterocycles. The zero-order chi connectivity index (χ0) is 21.7. The lowest BCUT2D eigenvalue weighted by molar-refractivity contribution is 0.116. The second-order valence-electron chi connectivity index (χ2n) is 7.65. The van der Waals surface area contributed by atoms with Crippen LogP contribution in [0.3, 0.4) is 0 Å². The summed E-state index contributed by atoms with van der Waals surface area (Å²) >= 11 is 0. The lowest BCUT2D eigenvalue weighted by Crippen LogP contribution is -2.48. The largest absolute Gasteiger partial charge is 0.415 e. The van der Waals surface area contributed by atoms with E-state index in [0.29, 0.717) is 0 Å². The number of halogens is 3. The number of imidazole rings is 1. The molecule has 0 N–H and O–H groups in total. The minimum Gasteiger partial charge on any atom is -0.415 e. The number of likely N-dealkylation sites (N-methyl/N-ethyl adjacent to an activating group) is 1. The van der Waals surface area contributed by atoms with Crippen LogP contribution in [0.4, 0.5) is 13.2 Å². The molecule has 160 valence electrons. The van der Waals surface area contributed by atoms with Crippen LogP contribution in [0.25, 0.3) is 22.5 Å². The van der Waals surface area contributed by atoms with Crippen molar-refractivity contribution in [3.63, 3.8) is 0 Å². The van der Waals surface area contributed by atoms with Crippen LogP contribution < -0.4 is 5.69 Å². The summed E-state index contributed by atoms with van der Waals surface area (Å²) in [5.74, 6) is -1.61. The van der Waals surface area contributed by atoms with Crippen LogP contribution in [0.2, 0.25) is 0 Å². The predicted octanol–water partition coefficient (Wildman–Crippen LogP) is 3.46. The van der Waals surface area contributed by atoms with Gasteiger partial charge < -0.3 is 9.32 Å². The van der Waals surface area contributed by atoms with Gasteiger partial charge in [0, 0.05) is 24.2 Å². The van der Waals surface area contributed by atoms with Gasteiger partial charge in [0.15, 0.2) is 0 Å². The Hall–Kier alpha value is -3.40. The summed E-state index contributed by atoms with van der Waals surface area (Å²) in [6.07, 6.45) is -2.90. The number of likely N-dealkylation sites (tertiary alicyclic amines) is 1. The van der Waals surface area contributed by atoms with Gasteiger partial charge in [-0.2, -0.15) is 8.78 Å². The summed E-state index contributed by atoms with van der Waals surface area (Å²) in [4.78, 5) is 15.3. The number of nitrogens with zero attached hydrogens (tertiary/aromatic N) is 5. The number of hydrogen-bond acceptors (Lipinski definition) is 5. The molecule has 1 saturated heterocycles. The van der Waals surface area contributed by atoms with E-state index in [1.807, 2.05) is 31.3 Å². The topological polar surface area (TPSA) is 69.1 Å². The summed E-state index contributed by atoms with van der Waals surface area (Å²) in [5.41, 5.74) is 1.82. The Morgan fingerprint density at radius 2 is 1.87 bits per heavy atom. The first kappa shape index (κ1) is 19.6. The van der Waals surface area contributed by atoms with Crippen molar-refractivity contribution in [2.24, 2.45) is 0 Å². The van der Waals surface area contributed by atoms with Gasteiger partial charge in [0.1, 0.15) is 5.82 Å². The maximum absolute atomic E-state index is 14.8. The fourth-order valence-electron chi connectivity index (χ4n) is 3.99. The van der Waals surface area contributed by atoms with Crippen molar-refractivity contribution in [1.82, 2.24) is 24.2 Å². The summed E-state index contributed by atoms with van der Waals surface area (Å²) in [5, 5.41) is 6.79. The van der Waals surface area contributed by atoms with Crippen molar-refractivity contribution >= 4 is 11.0 Å². The lowest BCUT2D eigenvalue weighted by Gasteiger charge is -2.36. The highest BCUT2D eigenvalue weighted by Gasteiger charge is 2.29. The monoisotopic (exact) mass is 429 g/mol. The van der Waals surface area contributed by atoms with Gasteiger partial charge in [0.2, 0.25) is 5.89 Å². The maximum Gasteiger partial charge on any atom is 0.329 e. The molecule has 0 spiro atoms. The van der Waals surface area contributed by atoms with E-state index < -0.39 is 18.1 Å². The van der Waals surface area contributed by atoms with Crippen LogP contribution in [0.15, 0.2) is 51.7 Å². The van der Waals surface area contributed by atoms with E-state index in [2.05, 4.69) is 15.1 Å². The molecular weight excluding hydrogens is 411 g/mol. The Labute approximate surface area is 174 Å². The lowest BCUT2D eigenvalue weighted by atomic mass is 10.1. The number of alkyl halides is 2. The van der Waals surface area contributed by atoms with Crippen molar-refractivity contribution in [2.45, 2.75) is 19.0 Å². The molecule has 31 heavy (non-hydrogen) atoms. The number of aromatic nitrogens is 4. The Bertz CT molecular complexity index is 1320. The number of para-hydroxylation sites is 2. The molecule has 0 unspecified atom stereocenters. The van der Waals surface area contributed by atoms with Crippen molar-refractivity contribution in [2.75, 3.05) is 20.1 Å². The van der Waals surface area contributed by atoms with E-state index in [9.17, 15) is 18.0 Å². The van der Waals surface area contributed by atoms with Gasteiger partial charge in [-0.05, 0) is 31.3 Å². The van der Waals surface area contributed by atoms with Crippen LogP contribution in [-0.4, -0.2) is 44.4 Å². The normalized spacial score (nSPS) is 15.1. The average Bonchev–Trinajstić information content (AvgIpc) is 3.32.